The summed E-state index contributed by atoms with van der Waals surface area (Å²) in [5.41, 5.74) is 2.19. The van der Waals surface area contributed by atoms with Crippen LogP contribution < -0.4 is 10.1 Å². The Bertz CT molecular complexity index is 1200. The summed E-state index contributed by atoms with van der Waals surface area (Å²) in [6.07, 6.45) is -0.987. The summed E-state index contributed by atoms with van der Waals surface area (Å²) in [7, 11) is 1.53. The van der Waals surface area contributed by atoms with E-state index in [0.717, 1.165) is 16.4 Å². The Kier molecular flexibility index (Phi) is 4.91. The maximum Gasteiger partial charge on any atom is 0.338 e. The molecule has 1 N–H and O–H groups in total. The molecule has 1 heterocycles. The zero-order valence-corrected chi connectivity index (χ0v) is 16.0. The van der Waals surface area contributed by atoms with Crippen molar-refractivity contribution < 1.29 is 23.5 Å². The molecule has 4 rings (SSSR count). The van der Waals surface area contributed by atoms with Crippen LogP contribution in [0.5, 0.6) is 5.75 Å². The highest BCUT2D eigenvalue weighted by Gasteiger charge is 2.21. The van der Waals surface area contributed by atoms with Gasteiger partial charge >= 0.3 is 5.97 Å². The SMILES string of the molecule is COc1cc2c(cc1NC(=O)[C@H](C)OC(=O)c1ccccc1)oc1ccccc12. The van der Waals surface area contributed by atoms with E-state index in [2.05, 4.69) is 5.32 Å². The van der Waals surface area contributed by atoms with Crippen LogP contribution in [0.1, 0.15) is 17.3 Å². The minimum atomic E-state index is -0.987. The van der Waals surface area contributed by atoms with Crippen LogP contribution in [0.25, 0.3) is 21.9 Å². The molecular weight excluding hydrogens is 370 g/mol. The average Bonchev–Trinajstić information content (AvgIpc) is 3.11. The van der Waals surface area contributed by atoms with Crippen LogP contribution in [0.15, 0.2) is 71.1 Å². The first-order valence-electron chi connectivity index (χ1n) is 9.13. The minimum Gasteiger partial charge on any atom is -0.495 e. The predicted molar refractivity (Wildman–Crippen MR) is 110 cm³/mol. The van der Waals surface area contributed by atoms with Gasteiger partial charge in [-0.1, -0.05) is 36.4 Å². The van der Waals surface area contributed by atoms with Crippen molar-refractivity contribution in [2.45, 2.75) is 13.0 Å². The highest BCUT2D eigenvalue weighted by atomic mass is 16.5. The Morgan fingerprint density at radius 2 is 1.66 bits per heavy atom. The molecule has 146 valence electrons. The third kappa shape index (κ3) is 3.65. The van der Waals surface area contributed by atoms with E-state index in [9.17, 15) is 9.59 Å². The fraction of sp³-hybridized carbons (Fsp3) is 0.130. The molecule has 0 fully saturated rings. The summed E-state index contributed by atoms with van der Waals surface area (Å²) in [4.78, 5) is 24.7. The number of benzene rings is 3. The van der Waals surface area contributed by atoms with Gasteiger partial charge in [0.05, 0.1) is 18.4 Å². The van der Waals surface area contributed by atoms with Crippen LogP contribution in [0, 0.1) is 0 Å². The van der Waals surface area contributed by atoms with E-state index in [1.54, 1.807) is 36.4 Å². The van der Waals surface area contributed by atoms with E-state index in [1.165, 1.54) is 14.0 Å². The van der Waals surface area contributed by atoms with Crippen molar-refractivity contribution in [3.63, 3.8) is 0 Å². The number of rotatable bonds is 5. The van der Waals surface area contributed by atoms with Crippen LogP contribution in [0.3, 0.4) is 0 Å². The number of furan rings is 1. The predicted octanol–water partition coefficient (Wildman–Crippen LogP) is 4.78. The number of nitrogens with one attached hydrogen (secondary N) is 1. The second-order valence-electron chi connectivity index (χ2n) is 6.55. The molecule has 4 aromatic rings. The Labute approximate surface area is 167 Å². The number of methoxy groups -OCH3 is 1. The van der Waals surface area contributed by atoms with Crippen LogP contribution in [0.2, 0.25) is 0 Å². The van der Waals surface area contributed by atoms with Gasteiger partial charge in [-0.15, -0.1) is 0 Å². The fourth-order valence-corrected chi connectivity index (χ4v) is 3.11. The summed E-state index contributed by atoms with van der Waals surface area (Å²) < 4.78 is 16.6. The molecule has 3 aromatic carbocycles. The number of para-hydroxylation sites is 1. The summed E-state index contributed by atoms with van der Waals surface area (Å²) in [5, 5.41) is 4.60. The van der Waals surface area contributed by atoms with Gasteiger partial charge in [0.1, 0.15) is 16.9 Å². The fourth-order valence-electron chi connectivity index (χ4n) is 3.11. The number of hydrogen-bond donors (Lipinski definition) is 1. The Morgan fingerprint density at radius 3 is 2.41 bits per heavy atom. The lowest BCUT2D eigenvalue weighted by molar-refractivity contribution is -0.123. The second-order valence-corrected chi connectivity index (χ2v) is 6.55. The maximum atomic E-state index is 12.6. The Balaban J connectivity index is 1.57. The number of carbonyl (C=O) groups is 2. The molecule has 6 heteroatoms. The first-order chi connectivity index (χ1) is 14.1. The lowest BCUT2D eigenvalue weighted by Crippen LogP contribution is -2.30. The molecule has 0 bridgehead atoms. The third-order valence-corrected chi connectivity index (χ3v) is 4.62. The smallest absolute Gasteiger partial charge is 0.338 e. The van der Waals surface area contributed by atoms with E-state index < -0.39 is 18.0 Å². The topological polar surface area (TPSA) is 77.8 Å². The molecule has 1 atom stereocenters. The van der Waals surface area contributed by atoms with Crippen molar-refractivity contribution in [1.82, 2.24) is 0 Å². The van der Waals surface area contributed by atoms with Gasteiger partial charge in [0, 0.05) is 16.8 Å². The Hall–Kier alpha value is -3.80. The van der Waals surface area contributed by atoms with Crippen molar-refractivity contribution in [2.24, 2.45) is 0 Å². The van der Waals surface area contributed by atoms with Crippen LogP contribution in [-0.2, 0) is 9.53 Å². The molecule has 1 amide bonds. The van der Waals surface area contributed by atoms with Gasteiger partial charge in [-0.25, -0.2) is 4.79 Å². The van der Waals surface area contributed by atoms with Crippen molar-refractivity contribution in [3.8, 4) is 5.75 Å². The molecule has 0 aliphatic rings. The first kappa shape index (κ1) is 18.6. The highest BCUT2D eigenvalue weighted by Crippen LogP contribution is 2.36. The van der Waals surface area contributed by atoms with Crippen molar-refractivity contribution in [2.75, 3.05) is 12.4 Å². The van der Waals surface area contributed by atoms with E-state index in [-0.39, 0.29) is 0 Å². The Morgan fingerprint density at radius 1 is 0.931 bits per heavy atom. The van der Waals surface area contributed by atoms with Gasteiger partial charge in [-0.2, -0.15) is 0 Å². The van der Waals surface area contributed by atoms with E-state index in [0.29, 0.717) is 22.6 Å². The maximum absolute atomic E-state index is 12.6. The lowest BCUT2D eigenvalue weighted by atomic mass is 10.1. The minimum absolute atomic E-state index is 0.383. The van der Waals surface area contributed by atoms with Crippen molar-refractivity contribution in [1.29, 1.82) is 0 Å². The molecule has 0 aliphatic heterocycles. The van der Waals surface area contributed by atoms with Crippen LogP contribution in [0.4, 0.5) is 5.69 Å². The molecule has 0 radical (unpaired) electrons. The number of esters is 1. The van der Waals surface area contributed by atoms with Gasteiger partial charge in [0.2, 0.25) is 0 Å². The average molecular weight is 389 g/mol. The van der Waals surface area contributed by atoms with Crippen molar-refractivity contribution >= 4 is 39.5 Å². The van der Waals surface area contributed by atoms with Gasteiger partial charge in [-0.05, 0) is 31.2 Å². The monoisotopic (exact) mass is 389 g/mol. The zero-order chi connectivity index (χ0) is 20.4. The number of hydrogen-bond acceptors (Lipinski definition) is 5. The molecule has 0 unspecified atom stereocenters. The number of ether oxygens (including phenoxy) is 2. The normalized spacial score (nSPS) is 11.9. The van der Waals surface area contributed by atoms with Gasteiger partial charge in [0.15, 0.2) is 6.10 Å². The molecule has 0 spiro atoms. The molecule has 0 aliphatic carbocycles. The zero-order valence-electron chi connectivity index (χ0n) is 16.0. The molecular formula is C23H19NO5. The molecule has 29 heavy (non-hydrogen) atoms. The number of amides is 1. The van der Waals surface area contributed by atoms with Gasteiger partial charge in [-0.3, -0.25) is 4.79 Å². The molecule has 6 nitrogen and oxygen atoms in total. The standard InChI is InChI=1S/C23H19NO5/c1-14(28-23(26)15-8-4-3-5-9-15)22(25)24-18-13-20-17(12-21(18)27-2)16-10-6-7-11-19(16)29-20/h3-14H,1-2H3,(H,24,25)/t14-/m0/s1. The largest absolute Gasteiger partial charge is 0.495 e. The van der Waals surface area contributed by atoms with E-state index >= 15 is 0 Å². The van der Waals surface area contributed by atoms with E-state index in [4.69, 9.17) is 13.9 Å². The summed E-state index contributed by atoms with van der Waals surface area (Å²) >= 11 is 0. The molecule has 1 aromatic heterocycles. The number of carbonyl (C=O) groups excluding carboxylic acids is 2. The first-order valence-corrected chi connectivity index (χ1v) is 9.13. The van der Waals surface area contributed by atoms with E-state index in [1.807, 2.05) is 30.3 Å². The lowest BCUT2D eigenvalue weighted by Gasteiger charge is -2.15. The van der Waals surface area contributed by atoms with Crippen LogP contribution >= 0.6 is 0 Å². The summed E-state index contributed by atoms with van der Waals surface area (Å²) in [6, 6.07) is 19.7. The molecule has 0 saturated carbocycles. The number of fused-ring (bicyclic) bond motifs is 3. The second kappa shape index (κ2) is 7.67. The molecule has 0 saturated heterocycles. The summed E-state index contributed by atoms with van der Waals surface area (Å²) in [5.74, 6) is -0.546. The summed E-state index contributed by atoms with van der Waals surface area (Å²) in [6.45, 7) is 1.52. The van der Waals surface area contributed by atoms with Gasteiger partial charge in [0.25, 0.3) is 5.91 Å². The number of anilines is 1. The third-order valence-electron chi connectivity index (χ3n) is 4.62. The van der Waals surface area contributed by atoms with Gasteiger partial charge < -0.3 is 19.2 Å². The quantitative estimate of drug-likeness (QED) is 0.497. The van der Waals surface area contributed by atoms with Crippen LogP contribution in [-0.4, -0.2) is 25.1 Å². The highest BCUT2D eigenvalue weighted by molar-refractivity contribution is 6.08. The van der Waals surface area contributed by atoms with Crippen molar-refractivity contribution in [3.05, 3.63) is 72.3 Å².